The number of ether oxygens (including phenoxy) is 1. The van der Waals surface area contributed by atoms with Gasteiger partial charge in [-0.1, -0.05) is 62.4 Å². The van der Waals surface area contributed by atoms with Crippen LogP contribution in [0.3, 0.4) is 0 Å². The van der Waals surface area contributed by atoms with Crippen LogP contribution in [0.5, 0.6) is 0 Å². The fourth-order valence-corrected chi connectivity index (χ4v) is 3.17. The summed E-state index contributed by atoms with van der Waals surface area (Å²) >= 11 is 0. The van der Waals surface area contributed by atoms with Gasteiger partial charge in [-0.15, -0.1) is 0 Å². The lowest BCUT2D eigenvalue weighted by Gasteiger charge is -2.20. The summed E-state index contributed by atoms with van der Waals surface area (Å²) in [6, 6.07) is 19.0. The maximum atomic E-state index is 13.0. The topological polar surface area (TPSA) is 60.3 Å². The Kier molecular flexibility index (Phi) is 5.60. The van der Waals surface area contributed by atoms with Crippen LogP contribution in [0, 0.1) is 5.92 Å². The van der Waals surface area contributed by atoms with Crippen LogP contribution in [0.25, 0.3) is 10.9 Å². The van der Waals surface area contributed by atoms with Crippen LogP contribution in [0.4, 0.5) is 0 Å². The van der Waals surface area contributed by atoms with Gasteiger partial charge in [0.1, 0.15) is 11.7 Å². The minimum atomic E-state index is -0.689. The molecular weight excluding hydrogens is 340 g/mol. The lowest BCUT2D eigenvalue weighted by molar-refractivity contribution is -0.144. The molecule has 1 N–H and O–H groups in total. The highest BCUT2D eigenvalue weighted by molar-refractivity contribution is 6.00. The molecule has 0 radical (unpaired) electrons. The molecular formula is C22H24N2O3. The molecule has 27 heavy (non-hydrogen) atoms. The highest BCUT2D eigenvalue weighted by Gasteiger charge is 2.27. The number of hydrogen-bond donors (Lipinski definition) is 1. The van der Waals surface area contributed by atoms with Gasteiger partial charge in [-0.2, -0.15) is 0 Å². The molecule has 0 aliphatic rings. The van der Waals surface area contributed by atoms with E-state index in [1.165, 1.54) is 7.11 Å². The summed E-state index contributed by atoms with van der Waals surface area (Å²) < 4.78 is 6.82. The number of carbonyl (C=O) groups excluding carboxylic acids is 2. The fraction of sp³-hybridized carbons (Fsp3) is 0.273. The van der Waals surface area contributed by atoms with Crippen LogP contribution < -0.4 is 5.32 Å². The first-order valence-electron chi connectivity index (χ1n) is 9.02. The van der Waals surface area contributed by atoms with Crippen molar-refractivity contribution in [2.75, 3.05) is 7.11 Å². The number of amides is 1. The van der Waals surface area contributed by atoms with E-state index in [2.05, 4.69) is 5.32 Å². The molecule has 1 atom stereocenters. The van der Waals surface area contributed by atoms with Crippen molar-refractivity contribution in [1.82, 2.24) is 9.88 Å². The summed E-state index contributed by atoms with van der Waals surface area (Å²) in [5.74, 6) is -0.802. The largest absolute Gasteiger partial charge is 0.467 e. The average Bonchev–Trinajstić information content (AvgIpc) is 3.04. The number of carbonyl (C=O) groups is 2. The van der Waals surface area contributed by atoms with Crippen molar-refractivity contribution in [3.05, 3.63) is 71.9 Å². The highest BCUT2D eigenvalue weighted by atomic mass is 16.5. The van der Waals surface area contributed by atoms with Gasteiger partial charge in [-0.25, -0.2) is 4.79 Å². The molecule has 0 spiro atoms. The molecule has 1 amide bonds. The Morgan fingerprint density at radius 2 is 1.70 bits per heavy atom. The lowest BCUT2D eigenvalue weighted by atomic mass is 10.0. The Balaban J connectivity index is 1.99. The second kappa shape index (κ2) is 8.08. The number of rotatable bonds is 6. The quantitative estimate of drug-likeness (QED) is 0.680. The molecule has 0 aliphatic heterocycles. The van der Waals surface area contributed by atoms with E-state index in [9.17, 15) is 9.59 Å². The van der Waals surface area contributed by atoms with Crippen molar-refractivity contribution < 1.29 is 14.3 Å². The second-order valence-electron chi connectivity index (χ2n) is 6.88. The number of methoxy groups -OCH3 is 1. The Hall–Kier alpha value is -3.08. The zero-order valence-corrected chi connectivity index (χ0v) is 15.8. The van der Waals surface area contributed by atoms with E-state index in [4.69, 9.17) is 4.74 Å². The summed E-state index contributed by atoms with van der Waals surface area (Å²) in [4.78, 5) is 25.0. The van der Waals surface area contributed by atoms with Crippen LogP contribution in [0.1, 0.15) is 29.9 Å². The molecule has 5 heteroatoms. The number of benzene rings is 2. The van der Waals surface area contributed by atoms with Crippen LogP contribution in [0.2, 0.25) is 0 Å². The highest BCUT2D eigenvalue weighted by Crippen LogP contribution is 2.22. The minimum absolute atomic E-state index is 0.0756. The van der Waals surface area contributed by atoms with Crippen molar-refractivity contribution in [2.24, 2.45) is 5.92 Å². The lowest BCUT2D eigenvalue weighted by Crippen LogP contribution is -2.45. The van der Waals surface area contributed by atoms with Crippen LogP contribution in [-0.2, 0) is 16.1 Å². The molecule has 140 valence electrons. The van der Waals surface area contributed by atoms with E-state index in [-0.39, 0.29) is 11.8 Å². The molecule has 0 saturated heterocycles. The van der Waals surface area contributed by atoms with E-state index in [1.54, 1.807) is 0 Å². The maximum Gasteiger partial charge on any atom is 0.328 e. The van der Waals surface area contributed by atoms with Crippen LogP contribution >= 0.6 is 0 Å². The van der Waals surface area contributed by atoms with Crippen molar-refractivity contribution in [1.29, 1.82) is 0 Å². The first-order valence-corrected chi connectivity index (χ1v) is 9.02. The fourth-order valence-electron chi connectivity index (χ4n) is 3.17. The number of nitrogens with one attached hydrogen (secondary N) is 1. The van der Waals surface area contributed by atoms with E-state index in [0.29, 0.717) is 12.2 Å². The molecule has 3 rings (SSSR count). The van der Waals surface area contributed by atoms with E-state index in [0.717, 1.165) is 16.5 Å². The minimum Gasteiger partial charge on any atom is -0.467 e. The normalized spacial score (nSPS) is 12.1. The third-order valence-corrected chi connectivity index (χ3v) is 4.64. The van der Waals surface area contributed by atoms with Crippen molar-refractivity contribution in [3.8, 4) is 0 Å². The number of hydrogen-bond acceptors (Lipinski definition) is 3. The first-order chi connectivity index (χ1) is 13.0. The van der Waals surface area contributed by atoms with Gasteiger partial charge in [0, 0.05) is 17.4 Å². The standard InChI is InChI=1S/C22H24N2O3/c1-15(2)20(22(26)27-3)23-21(25)19-13-17-11-7-8-12-18(17)24(19)14-16-9-5-4-6-10-16/h4-13,15,20H,14H2,1-3H3,(H,23,25)/t20-/m0/s1. The number of aromatic nitrogens is 1. The summed E-state index contributed by atoms with van der Waals surface area (Å²) in [5, 5.41) is 3.82. The molecule has 2 aromatic carbocycles. The summed E-state index contributed by atoms with van der Waals surface area (Å²) in [6.45, 7) is 4.32. The SMILES string of the molecule is COC(=O)[C@@H](NC(=O)c1cc2ccccc2n1Cc1ccccc1)C(C)C. The molecule has 1 heterocycles. The van der Waals surface area contributed by atoms with E-state index < -0.39 is 12.0 Å². The number of para-hydroxylation sites is 1. The van der Waals surface area contributed by atoms with Crippen LogP contribution in [-0.4, -0.2) is 29.6 Å². The molecule has 0 aliphatic carbocycles. The smallest absolute Gasteiger partial charge is 0.328 e. The maximum absolute atomic E-state index is 13.0. The van der Waals surface area contributed by atoms with Crippen molar-refractivity contribution in [3.63, 3.8) is 0 Å². The number of fused-ring (bicyclic) bond motifs is 1. The predicted molar refractivity (Wildman–Crippen MR) is 106 cm³/mol. The number of nitrogens with zero attached hydrogens (tertiary/aromatic N) is 1. The van der Waals surface area contributed by atoms with Gasteiger partial charge in [0.15, 0.2) is 0 Å². The molecule has 0 unspecified atom stereocenters. The summed E-state index contributed by atoms with van der Waals surface area (Å²) in [7, 11) is 1.33. The number of esters is 1. The predicted octanol–water partition coefficient (Wildman–Crippen LogP) is 3.62. The molecule has 0 saturated carbocycles. The summed E-state index contributed by atoms with van der Waals surface area (Å²) in [5.41, 5.74) is 2.60. The molecule has 3 aromatic rings. The first kappa shape index (κ1) is 18.7. The molecule has 1 aromatic heterocycles. The van der Waals surface area contributed by atoms with Crippen LogP contribution in [0.15, 0.2) is 60.7 Å². The Morgan fingerprint density at radius 1 is 1.04 bits per heavy atom. The van der Waals surface area contributed by atoms with Gasteiger partial charge < -0.3 is 14.6 Å². The molecule has 0 fully saturated rings. The zero-order valence-electron chi connectivity index (χ0n) is 15.8. The Labute approximate surface area is 158 Å². The van der Waals surface area contributed by atoms with Gasteiger partial charge >= 0.3 is 5.97 Å². The van der Waals surface area contributed by atoms with Gasteiger partial charge in [-0.3, -0.25) is 4.79 Å². The van der Waals surface area contributed by atoms with Gasteiger partial charge in [0.25, 0.3) is 5.91 Å². The Morgan fingerprint density at radius 3 is 2.37 bits per heavy atom. The van der Waals surface area contributed by atoms with Gasteiger partial charge in [0.05, 0.1) is 7.11 Å². The van der Waals surface area contributed by atoms with E-state index in [1.807, 2.05) is 79.1 Å². The van der Waals surface area contributed by atoms with E-state index >= 15 is 0 Å². The molecule has 5 nitrogen and oxygen atoms in total. The van der Waals surface area contributed by atoms with Gasteiger partial charge in [-0.05, 0) is 23.6 Å². The zero-order chi connectivity index (χ0) is 19.4. The summed E-state index contributed by atoms with van der Waals surface area (Å²) in [6.07, 6.45) is 0. The molecule has 0 bridgehead atoms. The van der Waals surface area contributed by atoms with Gasteiger partial charge in [0.2, 0.25) is 0 Å². The second-order valence-corrected chi connectivity index (χ2v) is 6.88. The Bertz CT molecular complexity index is 945. The monoisotopic (exact) mass is 364 g/mol. The van der Waals surface area contributed by atoms with Crippen molar-refractivity contribution >= 4 is 22.8 Å². The third kappa shape index (κ3) is 4.03. The third-order valence-electron chi connectivity index (χ3n) is 4.64. The average molecular weight is 364 g/mol. The van der Waals surface area contributed by atoms with Crippen molar-refractivity contribution in [2.45, 2.75) is 26.4 Å².